The van der Waals surface area contributed by atoms with E-state index in [1.165, 1.54) is 12.1 Å². The zero-order chi connectivity index (χ0) is 15.7. The summed E-state index contributed by atoms with van der Waals surface area (Å²) in [6.07, 6.45) is -1.95. The van der Waals surface area contributed by atoms with Crippen molar-refractivity contribution in [3.8, 4) is 5.75 Å². The molecule has 5 heteroatoms. The van der Waals surface area contributed by atoms with Gasteiger partial charge in [-0.05, 0) is 43.9 Å². The normalized spacial score (nSPS) is 25.6. The van der Waals surface area contributed by atoms with E-state index < -0.39 is 11.7 Å². The maximum Gasteiger partial charge on any atom is 0.419 e. The quantitative estimate of drug-likeness (QED) is 0.901. The number of hydrogen-bond donors (Lipinski definition) is 1. The zero-order valence-corrected chi connectivity index (χ0v) is 12.6. The molecule has 0 saturated heterocycles. The van der Waals surface area contributed by atoms with Gasteiger partial charge in [-0.25, -0.2) is 0 Å². The first-order valence-electron chi connectivity index (χ1n) is 7.23. The van der Waals surface area contributed by atoms with Gasteiger partial charge in [0, 0.05) is 6.04 Å². The van der Waals surface area contributed by atoms with Gasteiger partial charge < -0.3 is 10.1 Å². The highest BCUT2D eigenvalue weighted by molar-refractivity contribution is 5.35. The Morgan fingerprint density at radius 1 is 1.24 bits per heavy atom. The fourth-order valence-electron chi connectivity index (χ4n) is 2.94. The van der Waals surface area contributed by atoms with Crippen molar-refractivity contribution in [2.45, 2.75) is 51.4 Å². The van der Waals surface area contributed by atoms with Gasteiger partial charge in [0.05, 0.1) is 5.56 Å². The number of benzene rings is 1. The van der Waals surface area contributed by atoms with Gasteiger partial charge in [0.2, 0.25) is 0 Å². The van der Waals surface area contributed by atoms with E-state index in [2.05, 4.69) is 19.2 Å². The minimum atomic E-state index is -4.39. The largest absolute Gasteiger partial charge is 0.488 e. The van der Waals surface area contributed by atoms with Crippen LogP contribution in [0.4, 0.5) is 13.2 Å². The molecule has 1 aromatic carbocycles. The van der Waals surface area contributed by atoms with E-state index in [4.69, 9.17) is 4.74 Å². The monoisotopic (exact) mass is 301 g/mol. The van der Waals surface area contributed by atoms with Crippen LogP contribution < -0.4 is 10.1 Å². The Hall–Kier alpha value is -1.23. The highest BCUT2D eigenvalue weighted by Gasteiger charge is 2.38. The van der Waals surface area contributed by atoms with Gasteiger partial charge in [0.1, 0.15) is 11.9 Å². The number of ether oxygens (including phenoxy) is 1. The number of hydrogen-bond acceptors (Lipinski definition) is 2. The predicted molar refractivity (Wildman–Crippen MR) is 76.3 cm³/mol. The van der Waals surface area contributed by atoms with Crippen molar-refractivity contribution in [2.75, 3.05) is 7.05 Å². The van der Waals surface area contributed by atoms with Crippen molar-refractivity contribution in [1.29, 1.82) is 0 Å². The molecule has 118 valence electrons. The van der Waals surface area contributed by atoms with Gasteiger partial charge >= 0.3 is 6.18 Å². The van der Waals surface area contributed by atoms with Gasteiger partial charge in [-0.15, -0.1) is 0 Å². The van der Waals surface area contributed by atoms with Crippen LogP contribution in [0, 0.1) is 5.41 Å². The molecule has 0 radical (unpaired) electrons. The lowest BCUT2D eigenvalue weighted by Gasteiger charge is -2.40. The van der Waals surface area contributed by atoms with Gasteiger partial charge in [0.25, 0.3) is 0 Å². The molecule has 0 aromatic heterocycles. The molecule has 0 bridgehead atoms. The third-order valence-electron chi connectivity index (χ3n) is 4.18. The molecule has 2 atom stereocenters. The number of alkyl halides is 3. The first kappa shape index (κ1) is 16.1. The minimum Gasteiger partial charge on any atom is -0.488 e. The predicted octanol–water partition coefficient (Wildman–Crippen LogP) is 4.25. The standard InChI is InChI=1S/C16H22F3NO/c1-15(2)9-8-12(20-3)14(10-15)21-13-7-5-4-6-11(13)16(17,18)19/h4-7,12,14,20H,8-10H2,1-3H3. The van der Waals surface area contributed by atoms with Crippen molar-refractivity contribution < 1.29 is 17.9 Å². The fraction of sp³-hybridized carbons (Fsp3) is 0.625. The molecule has 0 spiro atoms. The van der Waals surface area contributed by atoms with Crippen LogP contribution in [0.2, 0.25) is 0 Å². The lowest BCUT2D eigenvalue weighted by Crippen LogP contribution is -2.48. The Balaban J connectivity index is 2.24. The van der Waals surface area contributed by atoms with Crippen molar-refractivity contribution in [1.82, 2.24) is 5.32 Å². The van der Waals surface area contributed by atoms with E-state index in [-0.39, 0.29) is 23.3 Å². The molecule has 1 aromatic rings. The lowest BCUT2D eigenvalue weighted by molar-refractivity contribution is -0.139. The zero-order valence-electron chi connectivity index (χ0n) is 12.6. The Labute approximate surface area is 123 Å². The van der Waals surface area contributed by atoms with Crippen molar-refractivity contribution in [3.05, 3.63) is 29.8 Å². The summed E-state index contributed by atoms with van der Waals surface area (Å²) in [4.78, 5) is 0. The summed E-state index contributed by atoms with van der Waals surface area (Å²) in [7, 11) is 1.83. The van der Waals surface area contributed by atoms with Crippen LogP contribution in [0.25, 0.3) is 0 Å². The third kappa shape index (κ3) is 3.90. The number of nitrogens with one attached hydrogen (secondary N) is 1. The molecule has 1 N–H and O–H groups in total. The Kier molecular flexibility index (Phi) is 4.51. The molecule has 1 aliphatic carbocycles. The van der Waals surface area contributed by atoms with Crippen LogP contribution in [0.5, 0.6) is 5.75 Å². The SMILES string of the molecule is CNC1CCC(C)(C)CC1Oc1ccccc1C(F)(F)F. The van der Waals surface area contributed by atoms with Gasteiger partial charge in [-0.1, -0.05) is 26.0 Å². The molecule has 0 heterocycles. The average molecular weight is 301 g/mol. The first-order valence-corrected chi connectivity index (χ1v) is 7.23. The van der Waals surface area contributed by atoms with E-state index in [1.807, 2.05) is 7.05 Å². The summed E-state index contributed by atoms with van der Waals surface area (Å²) in [5, 5.41) is 3.16. The second-order valence-corrected chi connectivity index (χ2v) is 6.45. The molecule has 1 fully saturated rings. The van der Waals surface area contributed by atoms with Crippen LogP contribution in [0.1, 0.15) is 38.7 Å². The maximum atomic E-state index is 13.0. The summed E-state index contributed by atoms with van der Waals surface area (Å²) < 4.78 is 44.9. The minimum absolute atomic E-state index is 0.0760. The maximum absolute atomic E-state index is 13.0. The van der Waals surface area contributed by atoms with Crippen molar-refractivity contribution in [2.24, 2.45) is 5.41 Å². The van der Waals surface area contributed by atoms with Gasteiger partial charge in [-0.3, -0.25) is 0 Å². The highest BCUT2D eigenvalue weighted by Crippen LogP contribution is 2.40. The summed E-state index contributed by atoms with van der Waals surface area (Å²) in [5.74, 6) is -0.0760. The van der Waals surface area contributed by atoms with Gasteiger partial charge in [-0.2, -0.15) is 13.2 Å². The molecule has 2 rings (SSSR count). The van der Waals surface area contributed by atoms with Crippen LogP contribution in [-0.4, -0.2) is 19.2 Å². The smallest absolute Gasteiger partial charge is 0.419 e. The fourth-order valence-corrected chi connectivity index (χ4v) is 2.94. The summed E-state index contributed by atoms with van der Waals surface area (Å²) >= 11 is 0. The van der Waals surface area contributed by atoms with E-state index in [1.54, 1.807) is 6.07 Å². The van der Waals surface area contributed by atoms with Crippen molar-refractivity contribution in [3.63, 3.8) is 0 Å². The first-order chi connectivity index (χ1) is 9.73. The molecular formula is C16H22F3NO. The average Bonchev–Trinajstić information content (AvgIpc) is 2.37. The van der Waals surface area contributed by atoms with Crippen LogP contribution in [0.15, 0.2) is 24.3 Å². The molecule has 1 aliphatic rings. The number of rotatable bonds is 3. The molecule has 1 saturated carbocycles. The highest BCUT2D eigenvalue weighted by atomic mass is 19.4. The van der Waals surface area contributed by atoms with Crippen LogP contribution >= 0.6 is 0 Å². The number of halogens is 3. The van der Waals surface area contributed by atoms with E-state index >= 15 is 0 Å². The molecule has 2 nitrogen and oxygen atoms in total. The molecule has 0 aliphatic heterocycles. The molecule has 2 unspecified atom stereocenters. The molecule has 21 heavy (non-hydrogen) atoms. The second-order valence-electron chi connectivity index (χ2n) is 6.45. The Bertz CT molecular complexity index is 485. The van der Waals surface area contributed by atoms with E-state index in [0.29, 0.717) is 0 Å². The summed E-state index contributed by atoms with van der Waals surface area (Å²) in [6.45, 7) is 4.26. The van der Waals surface area contributed by atoms with Crippen molar-refractivity contribution >= 4 is 0 Å². The number of likely N-dealkylation sites (N-methyl/N-ethyl adjacent to an activating group) is 1. The van der Waals surface area contributed by atoms with Crippen LogP contribution in [0.3, 0.4) is 0 Å². The van der Waals surface area contributed by atoms with E-state index in [0.717, 1.165) is 25.3 Å². The second kappa shape index (κ2) is 5.87. The van der Waals surface area contributed by atoms with Gasteiger partial charge in [0.15, 0.2) is 0 Å². The Morgan fingerprint density at radius 3 is 2.52 bits per heavy atom. The van der Waals surface area contributed by atoms with Crippen LogP contribution in [-0.2, 0) is 6.18 Å². The summed E-state index contributed by atoms with van der Waals surface area (Å²) in [5.41, 5.74) is -0.617. The molecular weight excluding hydrogens is 279 g/mol. The lowest BCUT2D eigenvalue weighted by atomic mass is 9.74. The third-order valence-corrected chi connectivity index (χ3v) is 4.18. The Morgan fingerprint density at radius 2 is 1.90 bits per heavy atom. The van der Waals surface area contributed by atoms with E-state index in [9.17, 15) is 13.2 Å². The molecule has 0 amide bonds. The summed E-state index contributed by atoms with van der Waals surface area (Å²) in [6, 6.07) is 5.51. The number of para-hydroxylation sites is 1. The topological polar surface area (TPSA) is 21.3 Å².